The van der Waals surface area contributed by atoms with Crippen LogP contribution in [-0.2, 0) is 15.1 Å². The van der Waals surface area contributed by atoms with E-state index in [0.29, 0.717) is 5.02 Å². The fourth-order valence-corrected chi connectivity index (χ4v) is 3.67. The molecule has 1 heterocycles. The molecule has 1 atom stereocenters. The van der Waals surface area contributed by atoms with Gasteiger partial charge in [0.1, 0.15) is 0 Å². The third-order valence-electron chi connectivity index (χ3n) is 4.07. The average Bonchev–Trinajstić information content (AvgIpc) is 2.90. The molecule has 0 aliphatic carbocycles. The van der Waals surface area contributed by atoms with Crippen molar-refractivity contribution in [3.63, 3.8) is 0 Å². The first-order chi connectivity index (χ1) is 12.2. The monoisotopic (exact) mass is 409 g/mol. The Morgan fingerprint density at radius 1 is 1.00 bits per heavy atom. The first kappa shape index (κ1) is 18.5. The maximum atomic E-state index is 12.4. The van der Waals surface area contributed by atoms with E-state index in [0.717, 1.165) is 0 Å². The zero-order valence-electron chi connectivity index (χ0n) is 13.0. The Morgan fingerprint density at radius 2 is 1.62 bits per heavy atom. The van der Waals surface area contributed by atoms with Crippen molar-refractivity contribution in [2.75, 3.05) is 0 Å². The highest BCUT2D eigenvalue weighted by Crippen LogP contribution is 2.40. The lowest BCUT2D eigenvalue weighted by Gasteiger charge is -2.26. The van der Waals surface area contributed by atoms with Gasteiger partial charge in [0.2, 0.25) is 5.54 Å². The molecule has 132 valence electrons. The van der Waals surface area contributed by atoms with Crippen molar-refractivity contribution < 1.29 is 19.8 Å². The minimum atomic E-state index is -2.03. The Morgan fingerprint density at radius 3 is 2.15 bits per heavy atom. The van der Waals surface area contributed by atoms with Crippen LogP contribution in [0.2, 0.25) is 15.1 Å². The predicted octanol–water partition coefficient (Wildman–Crippen LogP) is 3.05. The molecule has 0 aromatic heterocycles. The quantitative estimate of drug-likeness (QED) is 0.759. The molecule has 0 amide bonds. The van der Waals surface area contributed by atoms with Crippen LogP contribution >= 0.6 is 34.8 Å². The summed E-state index contributed by atoms with van der Waals surface area (Å²) in [5, 5.41) is 20.6. The molecule has 0 spiro atoms. The maximum Gasteiger partial charge on any atom is 0.341 e. The molecule has 2 aromatic rings. The van der Waals surface area contributed by atoms with Gasteiger partial charge in [-0.15, -0.1) is 0 Å². The number of hydrogen-bond acceptors (Lipinski definition) is 3. The number of carboxylic acids is 2. The lowest BCUT2D eigenvalue weighted by molar-refractivity contribution is -0.141. The molecular formula is C18H10Cl3NO4. The molecule has 0 fully saturated rings. The van der Waals surface area contributed by atoms with E-state index in [1.165, 1.54) is 36.4 Å². The molecule has 2 N–H and O–H groups in total. The van der Waals surface area contributed by atoms with Crippen LogP contribution in [0.15, 0.2) is 53.5 Å². The summed E-state index contributed by atoms with van der Waals surface area (Å²) in [6.07, 6.45) is 0. The molecule has 0 saturated carbocycles. The van der Waals surface area contributed by atoms with E-state index in [2.05, 4.69) is 11.6 Å². The highest BCUT2D eigenvalue weighted by molar-refractivity contribution is 6.35. The van der Waals surface area contributed by atoms with Gasteiger partial charge >= 0.3 is 11.9 Å². The number of carboxylic acid groups (broad SMARTS) is 2. The van der Waals surface area contributed by atoms with Gasteiger partial charge in [-0.05, 0) is 29.8 Å². The molecule has 1 unspecified atom stereocenters. The van der Waals surface area contributed by atoms with Crippen LogP contribution in [0.25, 0.3) is 5.57 Å². The molecule has 2 aromatic carbocycles. The number of aliphatic carboxylic acids is 2. The van der Waals surface area contributed by atoms with Crippen LogP contribution in [0.3, 0.4) is 0 Å². The van der Waals surface area contributed by atoms with E-state index in [4.69, 9.17) is 34.8 Å². The number of carbonyl (C=O) groups is 2. The van der Waals surface area contributed by atoms with Crippen LogP contribution in [0.1, 0.15) is 5.56 Å². The van der Waals surface area contributed by atoms with E-state index in [1.807, 2.05) is 0 Å². The largest absolute Gasteiger partial charge is 0.479 e. The van der Waals surface area contributed by atoms with E-state index in [1.54, 1.807) is 0 Å². The molecule has 26 heavy (non-hydrogen) atoms. The van der Waals surface area contributed by atoms with Gasteiger partial charge in [0.25, 0.3) is 0 Å². The van der Waals surface area contributed by atoms with E-state index >= 15 is 0 Å². The van der Waals surface area contributed by atoms with Crippen molar-refractivity contribution in [2.45, 2.75) is 5.54 Å². The Kier molecular flexibility index (Phi) is 4.56. The normalized spacial score (nSPS) is 18.2. The Bertz CT molecular complexity index is 1090. The SMILES string of the molecule is C=C(C(=O)O)C1=c2c(Cl)cc(Cl)cc2=NC1(C(=O)O)c1ccc(Cl)cc1. The van der Waals surface area contributed by atoms with Crippen LogP contribution in [-0.4, -0.2) is 22.2 Å². The van der Waals surface area contributed by atoms with Crippen molar-refractivity contribution in [3.8, 4) is 0 Å². The number of halogens is 3. The highest BCUT2D eigenvalue weighted by Gasteiger charge is 2.49. The van der Waals surface area contributed by atoms with Gasteiger partial charge in [-0.3, -0.25) is 4.99 Å². The van der Waals surface area contributed by atoms with Gasteiger partial charge in [-0.25, -0.2) is 9.59 Å². The van der Waals surface area contributed by atoms with Crippen molar-refractivity contribution in [2.24, 2.45) is 4.99 Å². The third-order valence-corrected chi connectivity index (χ3v) is 4.83. The van der Waals surface area contributed by atoms with E-state index in [9.17, 15) is 19.8 Å². The average molecular weight is 411 g/mol. The van der Waals surface area contributed by atoms with Gasteiger partial charge < -0.3 is 10.2 Å². The van der Waals surface area contributed by atoms with Gasteiger partial charge in [0.05, 0.1) is 16.0 Å². The summed E-state index contributed by atoms with van der Waals surface area (Å²) in [5.74, 6) is -2.76. The number of nitrogens with zero attached hydrogens (tertiary/aromatic N) is 1. The zero-order valence-corrected chi connectivity index (χ0v) is 15.2. The Hall–Kier alpha value is -2.34. The topological polar surface area (TPSA) is 87.0 Å². The zero-order chi connectivity index (χ0) is 19.2. The van der Waals surface area contributed by atoms with Crippen molar-refractivity contribution in [3.05, 3.63) is 79.8 Å². The number of benzene rings is 2. The van der Waals surface area contributed by atoms with Gasteiger partial charge in [-0.1, -0.05) is 53.5 Å². The summed E-state index contributed by atoms with van der Waals surface area (Å²) in [6, 6.07) is 8.75. The molecular weight excluding hydrogens is 401 g/mol. The molecule has 0 bridgehead atoms. The fourth-order valence-electron chi connectivity index (χ4n) is 2.97. The van der Waals surface area contributed by atoms with Gasteiger partial charge in [0, 0.05) is 20.8 Å². The lowest BCUT2D eigenvalue weighted by Crippen LogP contribution is -2.37. The van der Waals surface area contributed by atoms with Crippen LogP contribution in [0.4, 0.5) is 0 Å². The summed E-state index contributed by atoms with van der Waals surface area (Å²) < 4.78 is 0. The van der Waals surface area contributed by atoms with Gasteiger partial charge in [0.15, 0.2) is 0 Å². The molecule has 5 nitrogen and oxygen atoms in total. The van der Waals surface area contributed by atoms with Crippen LogP contribution in [0, 0.1) is 0 Å². The summed E-state index contributed by atoms with van der Waals surface area (Å²) in [5.41, 5.74) is -2.35. The summed E-state index contributed by atoms with van der Waals surface area (Å²) in [6.45, 7) is 3.54. The van der Waals surface area contributed by atoms with Crippen LogP contribution < -0.4 is 10.6 Å². The van der Waals surface area contributed by atoms with Crippen molar-refractivity contribution in [1.29, 1.82) is 0 Å². The van der Waals surface area contributed by atoms with Crippen molar-refractivity contribution in [1.82, 2.24) is 0 Å². The first-order valence-electron chi connectivity index (χ1n) is 7.20. The predicted molar refractivity (Wildman–Crippen MR) is 98.2 cm³/mol. The van der Waals surface area contributed by atoms with Crippen molar-refractivity contribution >= 4 is 52.3 Å². The molecule has 0 saturated heterocycles. The van der Waals surface area contributed by atoms with Crippen LogP contribution in [0.5, 0.6) is 0 Å². The number of hydrogen-bond donors (Lipinski definition) is 2. The van der Waals surface area contributed by atoms with E-state index < -0.39 is 23.1 Å². The number of rotatable bonds is 4. The maximum absolute atomic E-state index is 12.4. The summed E-state index contributed by atoms with van der Waals surface area (Å²) >= 11 is 18.1. The standard InChI is InChI=1S/C18H10Cl3NO4/c1-8(16(23)24)15-14-12(21)6-11(20)7-13(14)22-18(15,17(25)26)9-2-4-10(19)5-3-9/h2-7H,1H2,(H,23,24)(H,25,26). The third kappa shape index (κ3) is 2.69. The molecule has 8 heteroatoms. The molecule has 1 aliphatic rings. The van der Waals surface area contributed by atoms with Gasteiger partial charge in [-0.2, -0.15) is 0 Å². The molecule has 0 radical (unpaired) electrons. The number of fused-ring (bicyclic) bond motifs is 1. The highest BCUT2D eigenvalue weighted by atomic mass is 35.5. The smallest absolute Gasteiger partial charge is 0.341 e. The fraction of sp³-hybridized carbons (Fsp3) is 0.0556. The second-order valence-corrected chi connectivity index (χ2v) is 6.85. The minimum Gasteiger partial charge on any atom is -0.479 e. The molecule has 1 aliphatic heterocycles. The Labute approximate surface area is 162 Å². The van der Waals surface area contributed by atoms with E-state index in [-0.39, 0.29) is 31.8 Å². The lowest BCUT2D eigenvalue weighted by atomic mass is 9.80. The second kappa shape index (κ2) is 6.43. The summed E-state index contributed by atoms with van der Waals surface area (Å²) in [7, 11) is 0. The second-order valence-electron chi connectivity index (χ2n) is 5.57. The Balaban J connectivity index is 2.52. The summed E-state index contributed by atoms with van der Waals surface area (Å²) in [4.78, 5) is 28.3. The molecule has 3 rings (SSSR count). The first-order valence-corrected chi connectivity index (χ1v) is 8.33. The minimum absolute atomic E-state index is 0.0886.